The molecule has 1 unspecified atom stereocenters. The van der Waals surface area contributed by atoms with Crippen molar-refractivity contribution >= 4 is 35.0 Å². The van der Waals surface area contributed by atoms with Crippen LogP contribution in [0.3, 0.4) is 0 Å². The molecule has 3 atom stereocenters. The predicted molar refractivity (Wildman–Crippen MR) is 134 cm³/mol. The van der Waals surface area contributed by atoms with Gasteiger partial charge in [0.1, 0.15) is 0 Å². The maximum Gasteiger partial charge on any atom is 0.274 e. The number of hydrogen-bond donors (Lipinski definition) is 2. The largest absolute Gasteiger partial charge is 0.481 e. The first kappa shape index (κ1) is 25.0. The molecular formula is C25H27Cl2N5O3. The lowest BCUT2D eigenvalue weighted by molar-refractivity contribution is -0.129. The Kier molecular flexibility index (Phi) is 7.62. The fraction of sp³-hybridized carbons (Fsp3) is 0.360. The van der Waals surface area contributed by atoms with Crippen LogP contribution in [0.1, 0.15) is 36.3 Å². The zero-order valence-electron chi connectivity index (χ0n) is 19.7. The van der Waals surface area contributed by atoms with Crippen molar-refractivity contribution in [3.05, 3.63) is 63.9 Å². The highest BCUT2D eigenvalue weighted by Crippen LogP contribution is 2.31. The van der Waals surface area contributed by atoms with E-state index in [2.05, 4.69) is 20.5 Å². The number of hydrogen-bond acceptors (Lipinski definition) is 5. The number of amides is 2. The monoisotopic (exact) mass is 515 g/mol. The van der Waals surface area contributed by atoms with E-state index >= 15 is 0 Å². The molecule has 10 heteroatoms. The number of ether oxygens (including phenoxy) is 1. The first-order valence-electron chi connectivity index (χ1n) is 11.3. The van der Waals surface area contributed by atoms with Gasteiger partial charge < -0.3 is 15.0 Å². The molecule has 1 saturated heterocycles. The van der Waals surface area contributed by atoms with E-state index in [0.29, 0.717) is 46.7 Å². The number of nitrogens with zero attached hydrogens (tertiary/aromatic N) is 3. The summed E-state index contributed by atoms with van der Waals surface area (Å²) in [6.45, 7) is 4.83. The number of aromatic amines is 1. The summed E-state index contributed by atoms with van der Waals surface area (Å²) in [5.74, 6) is 0.00414. The number of rotatable bonds is 6. The highest BCUT2D eigenvalue weighted by atomic mass is 35.5. The molecule has 2 aromatic heterocycles. The summed E-state index contributed by atoms with van der Waals surface area (Å²) in [6.07, 6.45) is 2.06. The van der Waals surface area contributed by atoms with E-state index in [-0.39, 0.29) is 35.4 Å². The van der Waals surface area contributed by atoms with Crippen molar-refractivity contribution in [2.45, 2.75) is 32.9 Å². The fourth-order valence-corrected chi connectivity index (χ4v) is 4.83. The third-order valence-electron chi connectivity index (χ3n) is 6.38. The van der Waals surface area contributed by atoms with E-state index in [0.717, 1.165) is 5.56 Å². The molecule has 0 saturated carbocycles. The number of carbonyl (C=O) groups is 2. The minimum Gasteiger partial charge on any atom is -0.481 e. The van der Waals surface area contributed by atoms with Gasteiger partial charge >= 0.3 is 0 Å². The van der Waals surface area contributed by atoms with E-state index < -0.39 is 0 Å². The van der Waals surface area contributed by atoms with Crippen molar-refractivity contribution < 1.29 is 14.3 Å². The van der Waals surface area contributed by atoms with Gasteiger partial charge in [-0.2, -0.15) is 5.10 Å². The van der Waals surface area contributed by atoms with Crippen molar-refractivity contribution in [2.24, 2.45) is 11.8 Å². The number of carbonyl (C=O) groups excluding carboxylic acids is 2. The summed E-state index contributed by atoms with van der Waals surface area (Å²) >= 11 is 12.3. The molecule has 4 rings (SSSR count). The van der Waals surface area contributed by atoms with Crippen LogP contribution in [0.5, 0.6) is 5.88 Å². The Labute approximate surface area is 214 Å². The highest BCUT2D eigenvalue weighted by molar-refractivity contribution is 6.33. The van der Waals surface area contributed by atoms with Crippen molar-refractivity contribution in [3.63, 3.8) is 0 Å². The van der Waals surface area contributed by atoms with Gasteiger partial charge in [0.15, 0.2) is 5.69 Å². The molecule has 35 heavy (non-hydrogen) atoms. The molecule has 0 bridgehead atoms. The second-order valence-electron chi connectivity index (χ2n) is 8.85. The first-order chi connectivity index (χ1) is 16.8. The molecule has 1 fully saturated rings. The number of halogens is 2. The van der Waals surface area contributed by atoms with Gasteiger partial charge in [0.05, 0.1) is 24.0 Å². The van der Waals surface area contributed by atoms with E-state index in [1.807, 2.05) is 32.0 Å². The van der Waals surface area contributed by atoms with Crippen LogP contribution in [0.2, 0.25) is 10.0 Å². The predicted octanol–water partition coefficient (Wildman–Crippen LogP) is 4.59. The third kappa shape index (κ3) is 5.60. The molecule has 2 amide bonds. The van der Waals surface area contributed by atoms with Crippen molar-refractivity contribution in [2.75, 3.05) is 13.7 Å². The van der Waals surface area contributed by atoms with Gasteiger partial charge in [-0.3, -0.25) is 14.7 Å². The lowest BCUT2D eigenvalue weighted by Gasteiger charge is -2.40. The smallest absolute Gasteiger partial charge is 0.274 e. The van der Waals surface area contributed by atoms with Gasteiger partial charge in [-0.15, -0.1) is 0 Å². The molecular weight excluding hydrogens is 489 g/mol. The Morgan fingerprint density at radius 1 is 1.23 bits per heavy atom. The van der Waals surface area contributed by atoms with Gasteiger partial charge in [0.2, 0.25) is 11.8 Å². The van der Waals surface area contributed by atoms with Crippen LogP contribution in [0.25, 0.3) is 11.3 Å². The summed E-state index contributed by atoms with van der Waals surface area (Å²) < 4.78 is 5.17. The molecule has 3 aromatic rings. The number of pyridine rings is 1. The molecule has 3 heterocycles. The van der Waals surface area contributed by atoms with Crippen LogP contribution in [0, 0.1) is 11.8 Å². The SMILES string of the molecule is COc1cc(-c2cc(C(=O)N3C[C@@H](C)C(C(=O)NCc4cccc(Cl)c4)C[C@H]3C)n[nH]2)c(Cl)cn1. The van der Waals surface area contributed by atoms with Crippen LogP contribution in [-0.4, -0.2) is 51.6 Å². The van der Waals surface area contributed by atoms with Crippen LogP contribution in [-0.2, 0) is 11.3 Å². The highest BCUT2D eigenvalue weighted by Gasteiger charge is 2.38. The average molecular weight is 516 g/mol. The number of benzene rings is 1. The average Bonchev–Trinajstić information content (AvgIpc) is 3.34. The number of piperidine rings is 1. The summed E-state index contributed by atoms with van der Waals surface area (Å²) in [4.78, 5) is 32.0. The minimum atomic E-state index is -0.193. The number of methoxy groups -OCH3 is 1. The third-order valence-corrected chi connectivity index (χ3v) is 6.91. The Morgan fingerprint density at radius 2 is 2.03 bits per heavy atom. The normalized spacial score (nSPS) is 19.9. The standard InChI is InChI=1S/C25H27Cl2N5O3/c1-14-13-32(15(2)7-18(14)24(33)29-11-16-5-4-6-17(26)8-16)25(34)22-10-21(30-31-22)19-9-23(35-3)28-12-20(19)27/h4-6,8-10,12,14-15,18H,7,11,13H2,1-3H3,(H,29,33)(H,30,31)/t14-,15-,18?/m1/s1. The maximum absolute atomic E-state index is 13.3. The minimum absolute atomic E-state index is 0.00757. The van der Waals surface area contributed by atoms with E-state index in [1.54, 1.807) is 23.1 Å². The summed E-state index contributed by atoms with van der Waals surface area (Å²) in [5.41, 5.74) is 2.46. The molecule has 1 aliphatic heterocycles. The van der Waals surface area contributed by atoms with Gasteiger partial charge in [-0.25, -0.2) is 4.98 Å². The number of H-pyrrole nitrogens is 1. The fourth-order valence-electron chi connectivity index (χ4n) is 4.41. The van der Waals surface area contributed by atoms with Crippen molar-refractivity contribution in [3.8, 4) is 17.1 Å². The topological polar surface area (TPSA) is 100 Å². The Balaban J connectivity index is 1.41. The van der Waals surface area contributed by atoms with E-state index in [9.17, 15) is 9.59 Å². The van der Waals surface area contributed by atoms with Gasteiger partial charge in [-0.05, 0) is 43.0 Å². The van der Waals surface area contributed by atoms with Crippen LogP contribution >= 0.6 is 23.2 Å². The summed E-state index contributed by atoms with van der Waals surface area (Å²) in [7, 11) is 1.52. The lowest BCUT2D eigenvalue weighted by Crippen LogP contribution is -2.51. The Hall–Kier alpha value is -3.10. The van der Waals surface area contributed by atoms with Crippen molar-refractivity contribution in [1.29, 1.82) is 0 Å². The molecule has 1 aliphatic rings. The molecule has 8 nitrogen and oxygen atoms in total. The van der Waals surface area contributed by atoms with Gasteiger partial charge in [-0.1, -0.05) is 42.3 Å². The zero-order chi connectivity index (χ0) is 25.1. The van der Waals surface area contributed by atoms with E-state index in [1.165, 1.54) is 13.3 Å². The van der Waals surface area contributed by atoms with Crippen LogP contribution in [0.15, 0.2) is 42.6 Å². The molecule has 0 aliphatic carbocycles. The van der Waals surface area contributed by atoms with Crippen LogP contribution < -0.4 is 10.1 Å². The molecule has 2 N–H and O–H groups in total. The summed E-state index contributed by atoms with van der Waals surface area (Å²) in [5, 5.41) is 11.2. The Bertz CT molecular complexity index is 1230. The number of nitrogens with one attached hydrogen (secondary N) is 2. The maximum atomic E-state index is 13.3. The number of likely N-dealkylation sites (tertiary alicyclic amines) is 1. The number of aromatic nitrogens is 3. The van der Waals surface area contributed by atoms with Crippen molar-refractivity contribution in [1.82, 2.24) is 25.4 Å². The van der Waals surface area contributed by atoms with Gasteiger partial charge in [0.25, 0.3) is 5.91 Å². The second-order valence-corrected chi connectivity index (χ2v) is 9.69. The van der Waals surface area contributed by atoms with Gasteiger partial charge in [0, 0.05) is 41.7 Å². The molecule has 0 spiro atoms. The lowest BCUT2D eigenvalue weighted by atomic mass is 9.82. The molecule has 184 valence electrons. The quantitative estimate of drug-likeness (QED) is 0.499. The second kappa shape index (κ2) is 10.7. The zero-order valence-corrected chi connectivity index (χ0v) is 21.2. The first-order valence-corrected chi connectivity index (χ1v) is 12.1. The Morgan fingerprint density at radius 3 is 2.77 bits per heavy atom. The molecule has 1 aromatic carbocycles. The summed E-state index contributed by atoms with van der Waals surface area (Å²) in [6, 6.07) is 10.7. The van der Waals surface area contributed by atoms with Crippen LogP contribution in [0.4, 0.5) is 0 Å². The molecule has 0 radical (unpaired) electrons. The van der Waals surface area contributed by atoms with E-state index in [4.69, 9.17) is 27.9 Å².